The molecule has 1 aromatic carbocycles. The summed E-state index contributed by atoms with van der Waals surface area (Å²) < 4.78 is 1.02. The first kappa shape index (κ1) is 11.9. The average Bonchev–Trinajstić information content (AvgIpc) is 2.32. The summed E-state index contributed by atoms with van der Waals surface area (Å²) in [5, 5.41) is 13.2. The third kappa shape index (κ3) is 3.22. The molecule has 1 aliphatic rings. The Morgan fingerprint density at radius 2 is 2.00 bits per heavy atom. The molecule has 0 aliphatic heterocycles. The van der Waals surface area contributed by atoms with Crippen LogP contribution < -0.4 is 5.32 Å². The molecule has 1 aromatic rings. The van der Waals surface area contributed by atoms with E-state index in [1.807, 2.05) is 12.1 Å². The number of nitrogens with one attached hydrogen (secondary N) is 1. The molecule has 0 spiro atoms. The van der Waals surface area contributed by atoms with Crippen molar-refractivity contribution in [1.82, 2.24) is 5.32 Å². The molecule has 0 saturated heterocycles. The molecule has 0 bridgehead atoms. The second-order valence-corrected chi connectivity index (χ2v) is 5.40. The van der Waals surface area contributed by atoms with E-state index < -0.39 is 0 Å². The molecule has 2 rings (SSSR count). The Labute approximate surface area is 105 Å². The van der Waals surface area contributed by atoms with Gasteiger partial charge in [0.05, 0.1) is 0 Å². The zero-order valence-electron chi connectivity index (χ0n) is 9.38. The van der Waals surface area contributed by atoms with E-state index in [2.05, 4.69) is 21.2 Å². The van der Waals surface area contributed by atoms with Crippen LogP contribution in [0.15, 0.2) is 22.7 Å². The Balaban J connectivity index is 1.90. The smallest absolute Gasteiger partial charge is 0.120 e. The number of aromatic hydroxyl groups is 1. The maximum atomic E-state index is 9.70. The SMILES string of the molecule is Oc1ccc(Br)cc1CNC1CCCCC1. The summed E-state index contributed by atoms with van der Waals surface area (Å²) in [4.78, 5) is 0. The second-order valence-electron chi connectivity index (χ2n) is 4.49. The molecule has 0 radical (unpaired) electrons. The van der Waals surface area contributed by atoms with Crippen LogP contribution in [0.2, 0.25) is 0 Å². The number of phenols is 1. The number of benzene rings is 1. The van der Waals surface area contributed by atoms with Crippen LogP contribution in [0.5, 0.6) is 5.75 Å². The van der Waals surface area contributed by atoms with E-state index in [9.17, 15) is 5.11 Å². The van der Waals surface area contributed by atoms with Crippen molar-refractivity contribution in [1.29, 1.82) is 0 Å². The topological polar surface area (TPSA) is 32.3 Å². The predicted molar refractivity (Wildman–Crippen MR) is 69.5 cm³/mol. The summed E-state index contributed by atoms with van der Waals surface area (Å²) in [6.45, 7) is 0.760. The molecule has 2 N–H and O–H groups in total. The van der Waals surface area contributed by atoms with Gasteiger partial charge in [0.15, 0.2) is 0 Å². The highest BCUT2D eigenvalue weighted by Gasteiger charge is 2.13. The van der Waals surface area contributed by atoms with Crippen molar-refractivity contribution in [3.05, 3.63) is 28.2 Å². The van der Waals surface area contributed by atoms with E-state index in [4.69, 9.17) is 0 Å². The lowest BCUT2D eigenvalue weighted by molar-refractivity contribution is 0.369. The maximum Gasteiger partial charge on any atom is 0.120 e. The quantitative estimate of drug-likeness (QED) is 0.889. The summed E-state index contributed by atoms with van der Waals surface area (Å²) in [5.74, 6) is 0.381. The van der Waals surface area contributed by atoms with Crippen LogP contribution in [0.4, 0.5) is 0 Å². The molecule has 3 heteroatoms. The highest BCUT2D eigenvalue weighted by molar-refractivity contribution is 9.10. The summed E-state index contributed by atoms with van der Waals surface area (Å²) >= 11 is 3.42. The third-order valence-corrected chi connectivity index (χ3v) is 3.72. The maximum absolute atomic E-state index is 9.70. The van der Waals surface area contributed by atoms with Crippen LogP contribution in [0.3, 0.4) is 0 Å². The van der Waals surface area contributed by atoms with Crippen LogP contribution in [0.25, 0.3) is 0 Å². The van der Waals surface area contributed by atoms with Crippen LogP contribution in [-0.2, 0) is 6.54 Å². The minimum Gasteiger partial charge on any atom is -0.508 e. The van der Waals surface area contributed by atoms with Gasteiger partial charge in [-0.2, -0.15) is 0 Å². The molecule has 0 atom stereocenters. The molecular weight excluding hydrogens is 266 g/mol. The van der Waals surface area contributed by atoms with Crippen molar-refractivity contribution < 1.29 is 5.11 Å². The van der Waals surface area contributed by atoms with Crippen molar-refractivity contribution >= 4 is 15.9 Å². The normalized spacial score (nSPS) is 17.6. The summed E-state index contributed by atoms with van der Waals surface area (Å²) in [6, 6.07) is 6.21. The van der Waals surface area contributed by atoms with Gasteiger partial charge in [0.1, 0.15) is 5.75 Å². The van der Waals surface area contributed by atoms with Crippen LogP contribution >= 0.6 is 15.9 Å². The van der Waals surface area contributed by atoms with Gasteiger partial charge in [0.25, 0.3) is 0 Å². The van der Waals surface area contributed by atoms with E-state index in [-0.39, 0.29) is 0 Å². The van der Waals surface area contributed by atoms with Crippen LogP contribution in [-0.4, -0.2) is 11.1 Å². The van der Waals surface area contributed by atoms with E-state index in [0.717, 1.165) is 16.6 Å². The second kappa shape index (κ2) is 5.69. The number of rotatable bonds is 3. The number of hydrogen-bond donors (Lipinski definition) is 2. The van der Waals surface area contributed by atoms with Gasteiger partial charge >= 0.3 is 0 Å². The largest absolute Gasteiger partial charge is 0.508 e. The van der Waals surface area contributed by atoms with Gasteiger partial charge in [-0.3, -0.25) is 0 Å². The Hall–Kier alpha value is -0.540. The summed E-state index contributed by atoms with van der Waals surface area (Å²) in [6.07, 6.45) is 6.59. The van der Waals surface area contributed by atoms with E-state index in [0.29, 0.717) is 11.8 Å². The Morgan fingerprint density at radius 3 is 2.75 bits per heavy atom. The molecule has 88 valence electrons. The monoisotopic (exact) mass is 283 g/mol. The van der Waals surface area contributed by atoms with E-state index in [1.54, 1.807) is 6.07 Å². The van der Waals surface area contributed by atoms with E-state index in [1.165, 1.54) is 32.1 Å². The summed E-state index contributed by atoms with van der Waals surface area (Å²) in [5.41, 5.74) is 0.972. The van der Waals surface area contributed by atoms with E-state index >= 15 is 0 Å². The molecule has 0 unspecified atom stereocenters. The average molecular weight is 284 g/mol. The molecule has 0 aromatic heterocycles. The molecule has 1 aliphatic carbocycles. The van der Waals surface area contributed by atoms with Crippen LogP contribution in [0.1, 0.15) is 37.7 Å². The van der Waals surface area contributed by atoms with Gasteiger partial charge in [-0.05, 0) is 31.0 Å². The van der Waals surface area contributed by atoms with Crippen molar-refractivity contribution in [2.75, 3.05) is 0 Å². The van der Waals surface area contributed by atoms with Crippen LogP contribution in [0, 0.1) is 0 Å². The minimum absolute atomic E-state index is 0.381. The zero-order valence-corrected chi connectivity index (χ0v) is 11.0. The van der Waals surface area contributed by atoms with Crippen molar-refractivity contribution in [3.8, 4) is 5.75 Å². The lowest BCUT2D eigenvalue weighted by atomic mass is 9.95. The zero-order chi connectivity index (χ0) is 11.4. The molecular formula is C13H18BrNO. The lowest BCUT2D eigenvalue weighted by Gasteiger charge is -2.23. The fourth-order valence-corrected chi connectivity index (χ4v) is 2.67. The first-order valence-electron chi connectivity index (χ1n) is 5.96. The minimum atomic E-state index is 0.381. The molecule has 1 saturated carbocycles. The predicted octanol–water partition coefficient (Wildman–Crippen LogP) is 3.58. The number of phenolic OH excluding ortho intramolecular Hbond substituents is 1. The Kier molecular flexibility index (Phi) is 4.24. The molecule has 0 heterocycles. The van der Waals surface area contributed by atoms with Crippen molar-refractivity contribution in [3.63, 3.8) is 0 Å². The Morgan fingerprint density at radius 1 is 1.25 bits per heavy atom. The van der Waals surface area contributed by atoms with Gasteiger partial charge in [0.2, 0.25) is 0 Å². The van der Waals surface area contributed by atoms with Crippen molar-refractivity contribution in [2.45, 2.75) is 44.7 Å². The van der Waals surface area contributed by atoms with Crippen molar-refractivity contribution in [2.24, 2.45) is 0 Å². The molecule has 16 heavy (non-hydrogen) atoms. The number of halogens is 1. The van der Waals surface area contributed by atoms with Gasteiger partial charge < -0.3 is 10.4 Å². The molecule has 1 fully saturated rings. The first-order valence-corrected chi connectivity index (χ1v) is 6.76. The third-order valence-electron chi connectivity index (χ3n) is 3.23. The standard InChI is InChI=1S/C13H18BrNO/c14-11-6-7-13(16)10(8-11)9-15-12-4-2-1-3-5-12/h6-8,12,15-16H,1-5,9H2. The van der Waals surface area contributed by atoms with Gasteiger partial charge in [0, 0.05) is 22.6 Å². The first-order chi connectivity index (χ1) is 7.75. The highest BCUT2D eigenvalue weighted by atomic mass is 79.9. The van der Waals surface area contributed by atoms with Gasteiger partial charge in [-0.25, -0.2) is 0 Å². The number of hydrogen-bond acceptors (Lipinski definition) is 2. The van der Waals surface area contributed by atoms with Gasteiger partial charge in [-0.15, -0.1) is 0 Å². The lowest BCUT2D eigenvalue weighted by Crippen LogP contribution is -2.30. The van der Waals surface area contributed by atoms with Gasteiger partial charge in [-0.1, -0.05) is 35.2 Å². The molecule has 0 amide bonds. The fraction of sp³-hybridized carbons (Fsp3) is 0.538. The summed E-state index contributed by atoms with van der Waals surface area (Å²) in [7, 11) is 0. The Bertz CT molecular complexity index is 348. The fourth-order valence-electron chi connectivity index (χ4n) is 2.26. The highest BCUT2D eigenvalue weighted by Crippen LogP contribution is 2.23. The molecule has 2 nitrogen and oxygen atoms in total.